The molecule has 1 aromatic carbocycles. The molecule has 1 aromatic heterocycles. The molecule has 1 saturated heterocycles. The molecule has 2 aliphatic rings. The number of hydrogen-bond donors (Lipinski definition) is 1. The Balaban J connectivity index is 1.37. The second kappa shape index (κ2) is 10.2. The molecule has 1 atom stereocenters. The zero-order valence-corrected chi connectivity index (χ0v) is 19.1. The van der Waals surface area contributed by atoms with Gasteiger partial charge >= 0.3 is 6.03 Å². The summed E-state index contributed by atoms with van der Waals surface area (Å²) in [6.45, 7) is 5.17. The summed E-state index contributed by atoms with van der Waals surface area (Å²) >= 11 is 0. The van der Waals surface area contributed by atoms with Crippen molar-refractivity contribution in [2.75, 3.05) is 38.5 Å². The first-order chi connectivity index (χ1) is 15.5. The fraction of sp³-hybridized carbons (Fsp3) is 0.520. The van der Waals surface area contributed by atoms with Crippen molar-refractivity contribution in [1.29, 1.82) is 0 Å². The standard InChI is InChI=1S/C25H34N4O3/c1-19-9-11-21(12-10-19)26-25(31)29-15-13-28(14-16-29)23(20-6-3-4-7-20)24(30)27(2)18-22-8-5-17-32-22/h5,8-12,17,20,23H,3-4,6-7,13-16,18H2,1-2H3,(H,26,31)/t23-/m1/s1. The summed E-state index contributed by atoms with van der Waals surface area (Å²) in [5, 5.41) is 2.99. The molecular weight excluding hydrogens is 404 g/mol. The third kappa shape index (κ3) is 5.33. The van der Waals surface area contributed by atoms with Gasteiger partial charge < -0.3 is 19.5 Å². The quantitative estimate of drug-likeness (QED) is 0.741. The van der Waals surface area contributed by atoms with Crippen molar-refractivity contribution in [2.45, 2.75) is 45.2 Å². The fourth-order valence-electron chi connectivity index (χ4n) is 4.91. The molecule has 1 aliphatic heterocycles. The molecule has 1 saturated carbocycles. The van der Waals surface area contributed by atoms with Gasteiger partial charge in [-0.25, -0.2) is 4.79 Å². The van der Waals surface area contributed by atoms with Gasteiger partial charge in [0.1, 0.15) is 5.76 Å². The number of nitrogens with one attached hydrogen (secondary N) is 1. The number of nitrogens with zero attached hydrogens (tertiary/aromatic N) is 3. The number of carbonyl (C=O) groups excluding carboxylic acids is 2. The minimum atomic E-state index is -0.125. The van der Waals surface area contributed by atoms with E-state index in [0.717, 1.165) is 29.9 Å². The number of anilines is 1. The average molecular weight is 439 g/mol. The average Bonchev–Trinajstić information content (AvgIpc) is 3.50. The minimum absolute atomic E-state index is 0.0767. The van der Waals surface area contributed by atoms with Crippen molar-refractivity contribution in [3.05, 3.63) is 54.0 Å². The molecule has 0 unspecified atom stereocenters. The van der Waals surface area contributed by atoms with Crippen LogP contribution in [0.4, 0.5) is 10.5 Å². The van der Waals surface area contributed by atoms with Crippen molar-refractivity contribution in [1.82, 2.24) is 14.7 Å². The topological polar surface area (TPSA) is 69.0 Å². The third-order valence-electron chi connectivity index (χ3n) is 6.75. The number of amides is 3. The lowest BCUT2D eigenvalue weighted by Gasteiger charge is -2.41. The third-order valence-corrected chi connectivity index (χ3v) is 6.75. The maximum atomic E-state index is 13.5. The van der Waals surface area contributed by atoms with Crippen LogP contribution in [0.3, 0.4) is 0 Å². The predicted molar refractivity (Wildman–Crippen MR) is 124 cm³/mol. The van der Waals surface area contributed by atoms with Gasteiger partial charge in [-0.2, -0.15) is 0 Å². The van der Waals surface area contributed by atoms with Gasteiger partial charge in [0.05, 0.1) is 18.8 Å². The lowest BCUT2D eigenvalue weighted by atomic mass is 9.94. The van der Waals surface area contributed by atoms with E-state index in [1.807, 2.05) is 55.3 Å². The second-order valence-corrected chi connectivity index (χ2v) is 9.08. The molecule has 172 valence electrons. The Bertz CT molecular complexity index is 882. The molecule has 0 spiro atoms. The van der Waals surface area contributed by atoms with Crippen LogP contribution in [-0.2, 0) is 11.3 Å². The molecule has 7 heteroatoms. The van der Waals surface area contributed by atoms with Crippen LogP contribution in [0.15, 0.2) is 47.1 Å². The van der Waals surface area contributed by atoms with Crippen molar-refractivity contribution >= 4 is 17.6 Å². The van der Waals surface area contributed by atoms with Crippen LogP contribution >= 0.6 is 0 Å². The van der Waals surface area contributed by atoms with Gasteiger partial charge in [-0.3, -0.25) is 9.69 Å². The number of benzene rings is 1. The summed E-state index contributed by atoms with van der Waals surface area (Å²) in [5.74, 6) is 1.34. The van der Waals surface area contributed by atoms with Gasteiger partial charge in [0.25, 0.3) is 0 Å². The molecule has 0 radical (unpaired) electrons. The molecule has 2 heterocycles. The number of carbonyl (C=O) groups is 2. The first-order valence-corrected chi connectivity index (χ1v) is 11.7. The first kappa shape index (κ1) is 22.4. The molecule has 1 N–H and O–H groups in total. The molecule has 1 aliphatic carbocycles. The van der Waals surface area contributed by atoms with E-state index < -0.39 is 0 Å². The summed E-state index contributed by atoms with van der Waals surface area (Å²) in [7, 11) is 1.86. The summed E-state index contributed by atoms with van der Waals surface area (Å²) < 4.78 is 5.44. The van der Waals surface area contributed by atoms with E-state index >= 15 is 0 Å². The van der Waals surface area contributed by atoms with Crippen molar-refractivity contribution in [3.8, 4) is 0 Å². The Morgan fingerprint density at radius 1 is 1.09 bits per heavy atom. The molecule has 32 heavy (non-hydrogen) atoms. The van der Waals surface area contributed by atoms with Gasteiger partial charge in [0.2, 0.25) is 5.91 Å². The summed E-state index contributed by atoms with van der Waals surface area (Å²) in [6, 6.07) is 11.4. The van der Waals surface area contributed by atoms with Crippen LogP contribution in [0.5, 0.6) is 0 Å². The largest absolute Gasteiger partial charge is 0.467 e. The zero-order chi connectivity index (χ0) is 22.5. The van der Waals surface area contributed by atoms with Crippen LogP contribution in [0, 0.1) is 12.8 Å². The monoisotopic (exact) mass is 438 g/mol. The van der Waals surface area contributed by atoms with Gasteiger partial charge in [-0.15, -0.1) is 0 Å². The maximum Gasteiger partial charge on any atom is 0.321 e. The SMILES string of the molecule is Cc1ccc(NC(=O)N2CCN([C@@H](C(=O)N(C)Cc3ccco3)C3CCCC3)CC2)cc1. The number of aryl methyl sites for hydroxylation is 1. The van der Waals surface area contributed by atoms with Crippen LogP contribution < -0.4 is 5.32 Å². The predicted octanol–water partition coefficient (Wildman–Crippen LogP) is 3.95. The number of hydrogen-bond acceptors (Lipinski definition) is 4. The Morgan fingerprint density at radius 2 is 1.78 bits per heavy atom. The van der Waals surface area contributed by atoms with Crippen LogP contribution in [0.2, 0.25) is 0 Å². The molecular formula is C25H34N4O3. The van der Waals surface area contributed by atoms with Crippen LogP contribution in [0.1, 0.15) is 37.0 Å². The maximum absolute atomic E-state index is 13.5. The first-order valence-electron chi connectivity index (χ1n) is 11.7. The van der Waals surface area contributed by atoms with Gasteiger partial charge in [0, 0.05) is 38.9 Å². The van der Waals surface area contributed by atoms with Crippen molar-refractivity contribution < 1.29 is 14.0 Å². The van der Waals surface area contributed by atoms with E-state index in [2.05, 4.69) is 10.2 Å². The van der Waals surface area contributed by atoms with E-state index in [1.165, 1.54) is 12.8 Å². The molecule has 4 rings (SSSR count). The highest BCUT2D eigenvalue weighted by molar-refractivity contribution is 5.89. The number of furan rings is 1. The molecule has 3 amide bonds. The lowest BCUT2D eigenvalue weighted by molar-refractivity contribution is -0.139. The van der Waals surface area contributed by atoms with Gasteiger partial charge in [-0.1, -0.05) is 30.5 Å². The Kier molecular flexibility index (Phi) is 7.15. The van der Waals surface area contributed by atoms with Crippen LogP contribution in [-0.4, -0.2) is 65.9 Å². The van der Waals surface area contributed by atoms with Crippen molar-refractivity contribution in [2.24, 2.45) is 5.92 Å². The van der Waals surface area contributed by atoms with E-state index in [9.17, 15) is 9.59 Å². The molecule has 0 bridgehead atoms. The highest BCUT2D eigenvalue weighted by atomic mass is 16.3. The second-order valence-electron chi connectivity index (χ2n) is 9.08. The normalized spacial score (nSPS) is 18.5. The number of piperazine rings is 1. The Morgan fingerprint density at radius 3 is 2.41 bits per heavy atom. The fourth-order valence-corrected chi connectivity index (χ4v) is 4.91. The van der Waals surface area contributed by atoms with E-state index in [-0.39, 0.29) is 18.0 Å². The van der Waals surface area contributed by atoms with Crippen molar-refractivity contribution in [3.63, 3.8) is 0 Å². The van der Waals surface area contributed by atoms with E-state index in [4.69, 9.17) is 4.42 Å². The lowest BCUT2D eigenvalue weighted by Crippen LogP contribution is -2.58. The van der Waals surface area contributed by atoms with Crippen LogP contribution in [0.25, 0.3) is 0 Å². The number of rotatable bonds is 6. The highest BCUT2D eigenvalue weighted by Gasteiger charge is 2.38. The van der Waals surface area contributed by atoms with E-state index in [1.54, 1.807) is 11.2 Å². The Labute approximate surface area is 190 Å². The summed E-state index contributed by atoms with van der Waals surface area (Å²) in [6.07, 6.45) is 6.21. The highest BCUT2D eigenvalue weighted by Crippen LogP contribution is 2.32. The number of likely N-dealkylation sites (N-methyl/N-ethyl adjacent to an activating group) is 1. The summed E-state index contributed by atoms with van der Waals surface area (Å²) in [4.78, 5) is 32.1. The number of urea groups is 1. The molecule has 2 aromatic rings. The van der Waals surface area contributed by atoms with E-state index in [0.29, 0.717) is 38.6 Å². The Hall–Kier alpha value is -2.80. The summed E-state index contributed by atoms with van der Waals surface area (Å²) in [5.41, 5.74) is 1.97. The molecule has 2 fully saturated rings. The smallest absolute Gasteiger partial charge is 0.321 e. The minimum Gasteiger partial charge on any atom is -0.467 e. The zero-order valence-electron chi connectivity index (χ0n) is 19.1. The van der Waals surface area contributed by atoms with Gasteiger partial charge in [-0.05, 0) is 49.9 Å². The van der Waals surface area contributed by atoms with Gasteiger partial charge in [0.15, 0.2) is 0 Å². The molecule has 7 nitrogen and oxygen atoms in total.